The summed E-state index contributed by atoms with van der Waals surface area (Å²) in [5.74, 6) is 0.291. The van der Waals surface area contributed by atoms with Crippen LogP contribution in [0.4, 0.5) is 0 Å². The monoisotopic (exact) mass is 302 g/mol. The fourth-order valence-electron chi connectivity index (χ4n) is 1.95. The lowest BCUT2D eigenvalue weighted by Crippen LogP contribution is -1.80. The van der Waals surface area contributed by atoms with Crippen LogP contribution in [-0.4, -0.2) is 5.11 Å². The second-order valence-electron chi connectivity index (χ2n) is 4.46. The lowest BCUT2D eigenvalue weighted by Gasteiger charge is -2.02. The van der Waals surface area contributed by atoms with Crippen LogP contribution in [0.15, 0.2) is 40.9 Å². The summed E-state index contributed by atoms with van der Waals surface area (Å²) in [4.78, 5) is 0. The molecule has 0 aliphatic heterocycles. The van der Waals surface area contributed by atoms with Gasteiger partial charge in [-0.2, -0.15) is 0 Å². The van der Waals surface area contributed by atoms with Crippen LogP contribution in [0.2, 0.25) is 0 Å². The first kappa shape index (κ1) is 12.9. The van der Waals surface area contributed by atoms with Crippen LogP contribution in [0.5, 0.6) is 5.75 Å². The molecule has 0 saturated carbocycles. The summed E-state index contributed by atoms with van der Waals surface area (Å²) in [5.41, 5.74) is 4.44. The minimum Gasteiger partial charge on any atom is -0.507 e. The Kier molecular flexibility index (Phi) is 3.87. The second kappa shape index (κ2) is 5.40. The number of hydrogen-bond acceptors (Lipinski definition) is 1. The van der Waals surface area contributed by atoms with E-state index in [0.29, 0.717) is 5.75 Å². The second-order valence-corrected chi connectivity index (χ2v) is 5.37. The molecule has 2 aromatic carbocycles. The zero-order valence-corrected chi connectivity index (χ0v) is 12.0. The largest absolute Gasteiger partial charge is 0.507 e. The van der Waals surface area contributed by atoms with E-state index in [1.54, 1.807) is 6.07 Å². The Morgan fingerprint density at radius 1 is 0.944 bits per heavy atom. The molecular formula is C16H15BrO. The zero-order chi connectivity index (χ0) is 13.1. The quantitative estimate of drug-likeness (QED) is 0.779. The Labute approximate surface area is 116 Å². The Morgan fingerprint density at radius 3 is 2.28 bits per heavy atom. The Morgan fingerprint density at radius 2 is 1.61 bits per heavy atom. The number of rotatable bonds is 2. The highest BCUT2D eigenvalue weighted by Gasteiger charge is 1.98. The standard InChI is InChI=1S/C16H15BrO/c1-11-7-12(2)9-13(8-11)3-4-14-10-15(17)5-6-16(14)18/h3-10,18H,1-2H3/b4-3+. The topological polar surface area (TPSA) is 20.2 Å². The van der Waals surface area contributed by atoms with Crippen molar-refractivity contribution in [2.24, 2.45) is 0 Å². The van der Waals surface area contributed by atoms with E-state index in [9.17, 15) is 5.11 Å². The summed E-state index contributed by atoms with van der Waals surface area (Å²) >= 11 is 3.40. The van der Waals surface area contributed by atoms with E-state index < -0.39 is 0 Å². The van der Waals surface area contributed by atoms with Gasteiger partial charge in [-0.3, -0.25) is 0 Å². The van der Waals surface area contributed by atoms with Gasteiger partial charge in [0.15, 0.2) is 0 Å². The van der Waals surface area contributed by atoms with E-state index in [2.05, 4.69) is 48.0 Å². The van der Waals surface area contributed by atoms with Crippen molar-refractivity contribution in [3.63, 3.8) is 0 Å². The molecule has 0 aliphatic carbocycles. The molecule has 2 aromatic rings. The van der Waals surface area contributed by atoms with E-state index in [4.69, 9.17) is 0 Å². The summed E-state index contributed by atoms with van der Waals surface area (Å²) in [6.45, 7) is 4.17. The third-order valence-corrected chi connectivity index (χ3v) is 3.18. The van der Waals surface area contributed by atoms with Crippen LogP contribution in [0, 0.1) is 13.8 Å². The lowest BCUT2D eigenvalue weighted by atomic mass is 10.1. The molecule has 2 rings (SSSR count). The molecule has 2 heteroatoms. The fraction of sp³-hybridized carbons (Fsp3) is 0.125. The van der Waals surface area contributed by atoms with Crippen molar-refractivity contribution in [2.75, 3.05) is 0 Å². The summed E-state index contributed by atoms with van der Waals surface area (Å²) < 4.78 is 0.959. The van der Waals surface area contributed by atoms with Gasteiger partial charge in [0.25, 0.3) is 0 Å². The molecule has 0 aliphatic rings. The summed E-state index contributed by atoms with van der Waals surface area (Å²) in [6.07, 6.45) is 3.94. The molecule has 0 saturated heterocycles. The molecule has 1 N–H and O–H groups in total. The molecule has 0 bridgehead atoms. The average Bonchev–Trinajstić information content (AvgIpc) is 2.29. The Balaban J connectivity index is 2.32. The predicted molar refractivity (Wildman–Crippen MR) is 80.7 cm³/mol. The molecule has 0 unspecified atom stereocenters. The van der Waals surface area contributed by atoms with Gasteiger partial charge in [-0.05, 0) is 37.6 Å². The summed E-state index contributed by atoms with van der Waals surface area (Å²) in [6, 6.07) is 11.8. The molecule has 18 heavy (non-hydrogen) atoms. The SMILES string of the molecule is Cc1cc(C)cc(/C=C/c2cc(Br)ccc2O)c1. The van der Waals surface area contributed by atoms with Gasteiger partial charge in [-0.25, -0.2) is 0 Å². The third-order valence-electron chi connectivity index (χ3n) is 2.69. The fourth-order valence-corrected chi connectivity index (χ4v) is 2.33. The molecule has 1 nitrogen and oxygen atoms in total. The lowest BCUT2D eigenvalue weighted by molar-refractivity contribution is 0.474. The van der Waals surface area contributed by atoms with Gasteiger partial charge in [0, 0.05) is 10.0 Å². The number of halogens is 1. The van der Waals surface area contributed by atoms with Gasteiger partial charge in [-0.1, -0.05) is 57.4 Å². The Bertz CT molecular complexity index is 580. The first-order valence-corrected chi connectivity index (χ1v) is 6.59. The number of aryl methyl sites for hydroxylation is 2. The maximum atomic E-state index is 9.75. The van der Waals surface area contributed by atoms with Gasteiger partial charge in [-0.15, -0.1) is 0 Å². The first-order chi connectivity index (χ1) is 8.54. The number of phenolic OH excluding ortho intramolecular Hbond substituents is 1. The van der Waals surface area contributed by atoms with Crippen LogP contribution < -0.4 is 0 Å². The first-order valence-electron chi connectivity index (χ1n) is 5.79. The van der Waals surface area contributed by atoms with E-state index >= 15 is 0 Å². The maximum Gasteiger partial charge on any atom is 0.122 e. The van der Waals surface area contributed by atoms with Crippen molar-refractivity contribution >= 4 is 28.1 Å². The van der Waals surface area contributed by atoms with Gasteiger partial charge in [0.1, 0.15) is 5.75 Å². The molecule has 0 atom stereocenters. The highest BCUT2D eigenvalue weighted by molar-refractivity contribution is 9.10. The minimum absolute atomic E-state index is 0.291. The van der Waals surface area contributed by atoms with E-state index in [1.807, 2.05) is 24.3 Å². The highest BCUT2D eigenvalue weighted by atomic mass is 79.9. The van der Waals surface area contributed by atoms with E-state index in [0.717, 1.165) is 15.6 Å². The number of benzene rings is 2. The third kappa shape index (κ3) is 3.23. The van der Waals surface area contributed by atoms with Gasteiger partial charge in [0.2, 0.25) is 0 Å². The molecule has 0 amide bonds. The van der Waals surface area contributed by atoms with Crippen LogP contribution in [0.3, 0.4) is 0 Å². The number of phenols is 1. The molecule has 0 spiro atoms. The molecule has 92 valence electrons. The van der Waals surface area contributed by atoms with Crippen molar-refractivity contribution in [2.45, 2.75) is 13.8 Å². The van der Waals surface area contributed by atoms with Crippen LogP contribution in [0.1, 0.15) is 22.3 Å². The Hall–Kier alpha value is -1.54. The minimum atomic E-state index is 0.291. The van der Waals surface area contributed by atoms with Crippen LogP contribution >= 0.6 is 15.9 Å². The smallest absolute Gasteiger partial charge is 0.122 e. The van der Waals surface area contributed by atoms with Crippen LogP contribution in [-0.2, 0) is 0 Å². The van der Waals surface area contributed by atoms with Crippen molar-refractivity contribution in [3.05, 3.63) is 63.1 Å². The predicted octanol–water partition coefficient (Wildman–Crippen LogP) is 4.94. The average molecular weight is 303 g/mol. The summed E-state index contributed by atoms with van der Waals surface area (Å²) in [7, 11) is 0. The molecule has 0 aromatic heterocycles. The zero-order valence-electron chi connectivity index (χ0n) is 10.4. The van der Waals surface area contributed by atoms with Crippen molar-refractivity contribution in [1.29, 1.82) is 0 Å². The molecular weight excluding hydrogens is 288 g/mol. The molecule has 0 heterocycles. The van der Waals surface area contributed by atoms with Gasteiger partial charge >= 0.3 is 0 Å². The number of aromatic hydroxyl groups is 1. The van der Waals surface area contributed by atoms with Gasteiger partial charge < -0.3 is 5.11 Å². The number of hydrogen-bond donors (Lipinski definition) is 1. The molecule has 0 fully saturated rings. The van der Waals surface area contributed by atoms with E-state index in [-0.39, 0.29) is 0 Å². The van der Waals surface area contributed by atoms with Crippen LogP contribution in [0.25, 0.3) is 12.2 Å². The van der Waals surface area contributed by atoms with E-state index in [1.165, 1.54) is 11.1 Å². The van der Waals surface area contributed by atoms with Crippen molar-refractivity contribution in [3.8, 4) is 5.75 Å². The molecule has 0 radical (unpaired) electrons. The normalized spacial score (nSPS) is 11.1. The van der Waals surface area contributed by atoms with Gasteiger partial charge in [0.05, 0.1) is 0 Å². The maximum absolute atomic E-state index is 9.75. The summed E-state index contributed by atoms with van der Waals surface area (Å²) in [5, 5.41) is 9.75. The van der Waals surface area contributed by atoms with Crippen molar-refractivity contribution < 1.29 is 5.11 Å². The van der Waals surface area contributed by atoms with Crippen molar-refractivity contribution in [1.82, 2.24) is 0 Å². The highest BCUT2D eigenvalue weighted by Crippen LogP contribution is 2.24.